The number of nitrogens with one attached hydrogen (secondary N) is 2. The van der Waals surface area contributed by atoms with Gasteiger partial charge in [0.2, 0.25) is 5.91 Å². The predicted molar refractivity (Wildman–Crippen MR) is 54.1 cm³/mol. The highest BCUT2D eigenvalue weighted by atomic mass is 16.2. The van der Waals surface area contributed by atoms with Crippen LogP contribution >= 0.6 is 0 Å². The molecule has 1 aliphatic rings. The summed E-state index contributed by atoms with van der Waals surface area (Å²) in [5, 5.41) is 13.6. The van der Waals surface area contributed by atoms with E-state index >= 15 is 0 Å². The zero-order chi connectivity index (χ0) is 10.5. The van der Waals surface area contributed by atoms with E-state index in [-0.39, 0.29) is 18.5 Å². The van der Waals surface area contributed by atoms with E-state index in [9.17, 15) is 4.79 Å². The molecule has 1 aromatic rings. The van der Waals surface area contributed by atoms with E-state index in [1.54, 1.807) is 12.4 Å². The molecule has 1 saturated heterocycles. The summed E-state index contributed by atoms with van der Waals surface area (Å²) in [7, 11) is 0. The van der Waals surface area contributed by atoms with Crippen LogP contribution in [-0.4, -0.2) is 40.0 Å². The largest absolute Gasteiger partial charge is 0.350 e. The Labute approximate surface area is 88.0 Å². The van der Waals surface area contributed by atoms with Gasteiger partial charge in [0.1, 0.15) is 6.54 Å². The van der Waals surface area contributed by atoms with Crippen LogP contribution in [-0.2, 0) is 11.3 Å². The topological polar surface area (TPSA) is 71.8 Å². The fraction of sp³-hybridized carbons (Fsp3) is 0.667. The third-order valence-electron chi connectivity index (χ3n) is 2.44. The Kier molecular flexibility index (Phi) is 3.29. The van der Waals surface area contributed by atoms with E-state index in [0.29, 0.717) is 0 Å². The first kappa shape index (κ1) is 10.1. The van der Waals surface area contributed by atoms with Crippen molar-refractivity contribution < 1.29 is 4.79 Å². The number of amides is 1. The molecule has 6 nitrogen and oxygen atoms in total. The van der Waals surface area contributed by atoms with Crippen molar-refractivity contribution in [3.8, 4) is 0 Å². The van der Waals surface area contributed by atoms with Gasteiger partial charge in [0, 0.05) is 18.8 Å². The molecular formula is C9H15N5O. The molecule has 0 aromatic carbocycles. The summed E-state index contributed by atoms with van der Waals surface area (Å²) in [6, 6.07) is 0.259. The SMILES string of the molecule is O=C(Cn1ccnn1)NC1CCCNC1. The molecule has 6 heteroatoms. The molecule has 15 heavy (non-hydrogen) atoms. The van der Waals surface area contributed by atoms with Crippen LogP contribution in [0.1, 0.15) is 12.8 Å². The molecular weight excluding hydrogens is 194 g/mol. The molecule has 0 bridgehead atoms. The lowest BCUT2D eigenvalue weighted by atomic mass is 10.1. The van der Waals surface area contributed by atoms with Crippen molar-refractivity contribution in [2.24, 2.45) is 0 Å². The Morgan fingerprint density at radius 2 is 2.60 bits per heavy atom. The molecule has 1 atom stereocenters. The van der Waals surface area contributed by atoms with Gasteiger partial charge in [-0.15, -0.1) is 5.10 Å². The first-order valence-corrected chi connectivity index (χ1v) is 5.19. The number of rotatable bonds is 3. The molecule has 0 saturated carbocycles. The minimum absolute atomic E-state index is 0.00537. The fourth-order valence-electron chi connectivity index (χ4n) is 1.71. The summed E-state index contributed by atoms with van der Waals surface area (Å²) < 4.78 is 1.52. The summed E-state index contributed by atoms with van der Waals surface area (Å²) in [4.78, 5) is 11.6. The molecule has 2 heterocycles. The zero-order valence-electron chi connectivity index (χ0n) is 8.52. The molecule has 82 valence electrons. The number of aromatic nitrogens is 3. The van der Waals surface area contributed by atoms with Gasteiger partial charge in [-0.05, 0) is 19.4 Å². The lowest BCUT2D eigenvalue weighted by Crippen LogP contribution is -2.46. The Bertz CT molecular complexity index is 304. The number of carbonyl (C=O) groups is 1. The van der Waals surface area contributed by atoms with Crippen molar-refractivity contribution in [2.75, 3.05) is 13.1 Å². The van der Waals surface area contributed by atoms with E-state index in [4.69, 9.17) is 0 Å². The molecule has 0 radical (unpaired) electrons. The average Bonchev–Trinajstić information content (AvgIpc) is 2.71. The van der Waals surface area contributed by atoms with E-state index < -0.39 is 0 Å². The van der Waals surface area contributed by atoms with Crippen molar-refractivity contribution in [2.45, 2.75) is 25.4 Å². The van der Waals surface area contributed by atoms with Crippen LogP contribution in [0.25, 0.3) is 0 Å². The first-order valence-electron chi connectivity index (χ1n) is 5.19. The van der Waals surface area contributed by atoms with E-state index in [0.717, 1.165) is 25.9 Å². The second kappa shape index (κ2) is 4.88. The van der Waals surface area contributed by atoms with Crippen LogP contribution in [0.2, 0.25) is 0 Å². The number of carbonyl (C=O) groups excluding carboxylic acids is 1. The lowest BCUT2D eigenvalue weighted by molar-refractivity contribution is -0.122. The second-order valence-corrected chi connectivity index (χ2v) is 3.71. The Morgan fingerprint density at radius 3 is 3.27 bits per heavy atom. The number of hydrogen-bond donors (Lipinski definition) is 2. The molecule has 2 rings (SSSR count). The van der Waals surface area contributed by atoms with Crippen LogP contribution in [0.3, 0.4) is 0 Å². The van der Waals surface area contributed by atoms with Crippen LogP contribution in [0.5, 0.6) is 0 Å². The van der Waals surface area contributed by atoms with Gasteiger partial charge >= 0.3 is 0 Å². The summed E-state index contributed by atoms with van der Waals surface area (Å²) in [6.07, 6.45) is 5.42. The van der Waals surface area contributed by atoms with Crippen molar-refractivity contribution >= 4 is 5.91 Å². The van der Waals surface area contributed by atoms with E-state index in [1.165, 1.54) is 4.68 Å². The maximum atomic E-state index is 11.6. The maximum absolute atomic E-state index is 11.6. The maximum Gasteiger partial charge on any atom is 0.242 e. The predicted octanol–water partition coefficient (Wildman–Crippen LogP) is -0.854. The molecule has 0 spiro atoms. The normalized spacial score (nSPS) is 21.2. The highest BCUT2D eigenvalue weighted by Gasteiger charge is 2.15. The molecule has 1 amide bonds. The third-order valence-corrected chi connectivity index (χ3v) is 2.44. The number of piperidine rings is 1. The van der Waals surface area contributed by atoms with Gasteiger partial charge in [0.15, 0.2) is 0 Å². The van der Waals surface area contributed by atoms with Crippen LogP contribution in [0.4, 0.5) is 0 Å². The summed E-state index contributed by atoms with van der Waals surface area (Å²) in [6.45, 7) is 2.16. The van der Waals surface area contributed by atoms with Gasteiger partial charge in [0.25, 0.3) is 0 Å². The summed E-state index contributed by atoms with van der Waals surface area (Å²) in [5.41, 5.74) is 0. The van der Waals surface area contributed by atoms with E-state index in [2.05, 4.69) is 20.9 Å². The minimum atomic E-state index is -0.00537. The van der Waals surface area contributed by atoms with Crippen molar-refractivity contribution in [3.05, 3.63) is 12.4 Å². The van der Waals surface area contributed by atoms with Crippen LogP contribution in [0.15, 0.2) is 12.4 Å². The van der Waals surface area contributed by atoms with Gasteiger partial charge in [-0.3, -0.25) is 4.79 Å². The molecule has 1 aromatic heterocycles. The van der Waals surface area contributed by atoms with Crippen LogP contribution < -0.4 is 10.6 Å². The quantitative estimate of drug-likeness (QED) is 0.680. The van der Waals surface area contributed by atoms with Gasteiger partial charge in [-0.2, -0.15) is 0 Å². The van der Waals surface area contributed by atoms with Crippen molar-refractivity contribution in [3.63, 3.8) is 0 Å². The van der Waals surface area contributed by atoms with Crippen molar-refractivity contribution in [1.82, 2.24) is 25.6 Å². The highest BCUT2D eigenvalue weighted by Crippen LogP contribution is 2.00. The Hall–Kier alpha value is -1.43. The molecule has 1 fully saturated rings. The molecule has 2 N–H and O–H groups in total. The standard InChI is InChI=1S/C9H15N5O/c15-9(7-14-5-4-11-13-14)12-8-2-1-3-10-6-8/h4-5,8,10H,1-3,6-7H2,(H,12,15). The van der Waals surface area contributed by atoms with Crippen LogP contribution in [0, 0.1) is 0 Å². The smallest absolute Gasteiger partial charge is 0.242 e. The Balaban J connectivity index is 1.76. The fourth-order valence-corrected chi connectivity index (χ4v) is 1.71. The monoisotopic (exact) mass is 209 g/mol. The second-order valence-electron chi connectivity index (χ2n) is 3.71. The molecule has 0 aliphatic carbocycles. The van der Waals surface area contributed by atoms with E-state index in [1.807, 2.05) is 0 Å². The number of hydrogen-bond acceptors (Lipinski definition) is 4. The molecule has 1 unspecified atom stereocenters. The number of nitrogens with zero attached hydrogens (tertiary/aromatic N) is 3. The average molecular weight is 209 g/mol. The van der Waals surface area contributed by atoms with Gasteiger partial charge < -0.3 is 10.6 Å². The third kappa shape index (κ3) is 3.02. The van der Waals surface area contributed by atoms with Gasteiger partial charge in [0.05, 0.1) is 6.20 Å². The lowest BCUT2D eigenvalue weighted by Gasteiger charge is -2.23. The van der Waals surface area contributed by atoms with Gasteiger partial charge in [-0.1, -0.05) is 5.21 Å². The summed E-state index contributed by atoms with van der Waals surface area (Å²) in [5.74, 6) is -0.00537. The minimum Gasteiger partial charge on any atom is -0.350 e. The van der Waals surface area contributed by atoms with Crippen molar-refractivity contribution in [1.29, 1.82) is 0 Å². The highest BCUT2D eigenvalue weighted by molar-refractivity contribution is 5.75. The first-order chi connectivity index (χ1) is 7.34. The summed E-state index contributed by atoms with van der Waals surface area (Å²) >= 11 is 0. The zero-order valence-corrected chi connectivity index (χ0v) is 8.52. The molecule has 1 aliphatic heterocycles. The Morgan fingerprint density at radius 1 is 1.67 bits per heavy atom. The van der Waals surface area contributed by atoms with Gasteiger partial charge in [-0.25, -0.2) is 4.68 Å².